The molecule has 1 aromatic heterocycles. The van der Waals surface area contributed by atoms with Gasteiger partial charge in [0, 0.05) is 43.7 Å². The van der Waals surface area contributed by atoms with Crippen molar-refractivity contribution in [2.45, 2.75) is 39.7 Å². The van der Waals surface area contributed by atoms with Gasteiger partial charge in [0.15, 0.2) is 0 Å². The predicted octanol–water partition coefficient (Wildman–Crippen LogP) is 2.39. The summed E-state index contributed by atoms with van der Waals surface area (Å²) in [5, 5.41) is 2.97. The number of aromatic nitrogens is 2. The monoisotopic (exact) mass is 357 g/mol. The predicted molar refractivity (Wildman–Crippen MR) is 101 cm³/mol. The van der Waals surface area contributed by atoms with E-state index in [0.717, 1.165) is 23.3 Å². The first-order valence-corrected chi connectivity index (χ1v) is 9.12. The molecule has 7 nitrogen and oxygen atoms in total. The van der Waals surface area contributed by atoms with Crippen LogP contribution in [0.3, 0.4) is 0 Å². The van der Waals surface area contributed by atoms with Crippen LogP contribution in [0.2, 0.25) is 0 Å². The maximum absolute atomic E-state index is 12.8. The third-order valence-corrected chi connectivity index (χ3v) is 4.45. The molecule has 1 fully saturated rings. The summed E-state index contributed by atoms with van der Waals surface area (Å²) in [5.74, 6) is 0.915. The van der Waals surface area contributed by atoms with Gasteiger partial charge in [-0.3, -0.25) is 4.79 Å². The van der Waals surface area contributed by atoms with Gasteiger partial charge in [-0.25, -0.2) is 9.78 Å². The summed E-state index contributed by atoms with van der Waals surface area (Å²) in [4.78, 5) is 36.3. The molecule has 2 heterocycles. The number of aromatic amines is 1. The number of urea groups is 1. The van der Waals surface area contributed by atoms with Crippen molar-refractivity contribution in [1.29, 1.82) is 0 Å². The Balaban J connectivity index is 1.64. The van der Waals surface area contributed by atoms with E-state index in [1.807, 2.05) is 45.9 Å². The van der Waals surface area contributed by atoms with E-state index in [2.05, 4.69) is 15.3 Å². The van der Waals surface area contributed by atoms with Gasteiger partial charge in [0.05, 0.1) is 11.0 Å². The number of hydrogen-bond acceptors (Lipinski definition) is 3. The highest BCUT2D eigenvalue weighted by atomic mass is 16.2. The number of aryl methyl sites for hydroxylation is 1. The molecule has 3 amide bonds. The molecule has 1 saturated heterocycles. The lowest BCUT2D eigenvalue weighted by Gasteiger charge is -2.36. The van der Waals surface area contributed by atoms with Crippen LogP contribution >= 0.6 is 0 Å². The smallest absolute Gasteiger partial charge is 0.317 e. The van der Waals surface area contributed by atoms with Gasteiger partial charge in [-0.15, -0.1) is 0 Å². The van der Waals surface area contributed by atoms with Gasteiger partial charge in [-0.05, 0) is 39.0 Å². The molecule has 2 N–H and O–H groups in total. The van der Waals surface area contributed by atoms with Gasteiger partial charge in [0.25, 0.3) is 5.91 Å². The van der Waals surface area contributed by atoms with Gasteiger partial charge in [0.2, 0.25) is 0 Å². The summed E-state index contributed by atoms with van der Waals surface area (Å²) in [6.07, 6.45) is 0.830. The Morgan fingerprint density at radius 1 is 1.15 bits per heavy atom. The van der Waals surface area contributed by atoms with E-state index in [4.69, 9.17) is 0 Å². The molecule has 26 heavy (non-hydrogen) atoms. The minimum Gasteiger partial charge on any atom is -0.342 e. The zero-order chi connectivity index (χ0) is 18.9. The molecule has 0 bridgehead atoms. The highest BCUT2D eigenvalue weighted by Gasteiger charge is 2.26. The van der Waals surface area contributed by atoms with Crippen molar-refractivity contribution in [2.24, 2.45) is 0 Å². The summed E-state index contributed by atoms with van der Waals surface area (Å²) in [6.45, 7) is 10.1. The Morgan fingerprint density at radius 2 is 1.81 bits per heavy atom. The lowest BCUT2D eigenvalue weighted by atomic mass is 10.1. The van der Waals surface area contributed by atoms with Crippen LogP contribution in [0.4, 0.5) is 4.79 Å². The van der Waals surface area contributed by atoms with Gasteiger partial charge in [0.1, 0.15) is 5.82 Å². The molecular weight excluding hydrogens is 330 g/mol. The number of hydrogen-bond donors (Lipinski definition) is 2. The normalized spacial score (nSPS) is 15.4. The molecule has 0 spiro atoms. The molecule has 0 aliphatic carbocycles. The van der Waals surface area contributed by atoms with E-state index in [1.165, 1.54) is 0 Å². The molecule has 0 saturated carbocycles. The number of nitrogens with zero attached hydrogens (tertiary/aromatic N) is 3. The Kier molecular flexibility index (Phi) is 4.89. The fourth-order valence-corrected chi connectivity index (χ4v) is 3.06. The first-order valence-electron chi connectivity index (χ1n) is 9.12. The lowest BCUT2D eigenvalue weighted by molar-refractivity contribution is 0.0661. The van der Waals surface area contributed by atoms with E-state index >= 15 is 0 Å². The summed E-state index contributed by atoms with van der Waals surface area (Å²) >= 11 is 0. The minimum absolute atomic E-state index is 0.00423. The average Bonchev–Trinajstić information content (AvgIpc) is 3.02. The van der Waals surface area contributed by atoms with E-state index in [0.29, 0.717) is 31.7 Å². The van der Waals surface area contributed by atoms with E-state index in [1.54, 1.807) is 9.80 Å². The van der Waals surface area contributed by atoms with Gasteiger partial charge in [-0.2, -0.15) is 0 Å². The Morgan fingerprint density at radius 3 is 2.42 bits per heavy atom. The number of carbonyl (C=O) groups excluding carboxylic acids is 2. The van der Waals surface area contributed by atoms with Crippen LogP contribution in [0.1, 0.15) is 43.9 Å². The van der Waals surface area contributed by atoms with Crippen molar-refractivity contribution in [3.05, 3.63) is 29.6 Å². The van der Waals surface area contributed by atoms with Gasteiger partial charge in [-0.1, -0.05) is 6.92 Å². The molecule has 0 atom stereocenters. The Hall–Kier alpha value is -2.57. The van der Waals surface area contributed by atoms with Gasteiger partial charge >= 0.3 is 6.03 Å². The fraction of sp³-hybridized carbons (Fsp3) is 0.526. The zero-order valence-corrected chi connectivity index (χ0v) is 15.9. The SMILES string of the molecule is CCc1nc2ccc(C(=O)N3CCN(C(=O)NC(C)(C)C)CC3)cc2[nH]1. The first-order chi connectivity index (χ1) is 12.3. The molecule has 2 aromatic rings. The number of H-pyrrole nitrogens is 1. The van der Waals surface area contributed by atoms with Crippen LogP contribution in [-0.4, -0.2) is 63.4 Å². The van der Waals surface area contributed by atoms with E-state index in [-0.39, 0.29) is 17.5 Å². The van der Waals surface area contributed by atoms with Crippen molar-refractivity contribution in [3.8, 4) is 0 Å². The summed E-state index contributed by atoms with van der Waals surface area (Å²) in [6, 6.07) is 5.49. The number of piperazine rings is 1. The number of imidazole rings is 1. The summed E-state index contributed by atoms with van der Waals surface area (Å²) < 4.78 is 0. The maximum atomic E-state index is 12.8. The molecular formula is C19H27N5O2. The number of benzene rings is 1. The molecule has 1 aromatic carbocycles. The average molecular weight is 357 g/mol. The van der Waals surface area contributed by atoms with Crippen molar-refractivity contribution >= 4 is 23.0 Å². The standard InChI is InChI=1S/C19H27N5O2/c1-5-16-20-14-7-6-13(12-15(14)21-16)17(25)23-8-10-24(11-9-23)18(26)22-19(2,3)4/h6-7,12H,5,8-11H2,1-4H3,(H,20,21)(H,22,26). The maximum Gasteiger partial charge on any atom is 0.317 e. The van der Waals surface area contributed by atoms with Crippen LogP contribution in [0.5, 0.6) is 0 Å². The summed E-state index contributed by atoms with van der Waals surface area (Å²) in [7, 11) is 0. The molecule has 0 radical (unpaired) electrons. The van der Waals surface area contributed by atoms with Crippen molar-refractivity contribution in [1.82, 2.24) is 25.1 Å². The molecule has 7 heteroatoms. The lowest BCUT2D eigenvalue weighted by Crippen LogP contribution is -2.56. The molecule has 140 valence electrons. The topological polar surface area (TPSA) is 81.3 Å². The summed E-state index contributed by atoms with van der Waals surface area (Å²) in [5.41, 5.74) is 2.15. The first kappa shape index (κ1) is 18.2. The van der Waals surface area contributed by atoms with E-state index < -0.39 is 0 Å². The second kappa shape index (κ2) is 6.97. The molecule has 0 unspecified atom stereocenters. The van der Waals surface area contributed by atoms with Crippen LogP contribution in [0.25, 0.3) is 11.0 Å². The van der Waals surface area contributed by atoms with Crippen LogP contribution in [0, 0.1) is 0 Å². The third-order valence-electron chi connectivity index (χ3n) is 4.45. The number of rotatable bonds is 2. The number of fused-ring (bicyclic) bond motifs is 1. The highest BCUT2D eigenvalue weighted by molar-refractivity contribution is 5.97. The quantitative estimate of drug-likeness (QED) is 0.866. The third kappa shape index (κ3) is 3.98. The largest absolute Gasteiger partial charge is 0.342 e. The fourth-order valence-electron chi connectivity index (χ4n) is 3.06. The van der Waals surface area contributed by atoms with Crippen LogP contribution in [-0.2, 0) is 6.42 Å². The zero-order valence-electron chi connectivity index (χ0n) is 15.9. The van der Waals surface area contributed by atoms with Crippen molar-refractivity contribution < 1.29 is 9.59 Å². The highest BCUT2D eigenvalue weighted by Crippen LogP contribution is 2.17. The Bertz CT molecular complexity index is 813. The number of amides is 3. The molecule has 1 aliphatic rings. The minimum atomic E-state index is -0.263. The van der Waals surface area contributed by atoms with Gasteiger partial charge < -0.3 is 20.1 Å². The second-order valence-corrected chi connectivity index (χ2v) is 7.73. The van der Waals surface area contributed by atoms with Crippen LogP contribution in [0.15, 0.2) is 18.2 Å². The van der Waals surface area contributed by atoms with Crippen molar-refractivity contribution in [2.75, 3.05) is 26.2 Å². The molecule has 3 rings (SSSR count). The number of nitrogens with one attached hydrogen (secondary N) is 2. The molecule has 1 aliphatic heterocycles. The second-order valence-electron chi connectivity index (χ2n) is 7.73. The van der Waals surface area contributed by atoms with Crippen molar-refractivity contribution in [3.63, 3.8) is 0 Å². The Labute approximate surface area is 153 Å². The van der Waals surface area contributed by atoms with Crippen LogP contribution < -0.4 is 5.32 Å². The van der Waals surface area contributed by atoms with E-state index in [9.17, 15) is 9.59 Å². The number of carbonyl (C=O) groups is 2.